The molecule has 0 aliphatic heterocycles. The predicted molar refractivity (Wildman–Crippen MR) is 65.3 cm³/mol. The van der Waals surface area contributed by atoms with E-state index in [0.29, 0.717) is 21.7 Å². The zero-order valence-corrected chi connectivity index (χ0v) is 10.9. The topological polar surface area (TPSA) is 0 Å². The van der Waals surface area contributed by atoms with E-state index in [0.717, 1.165) is 18.4 Å². The van der Waals surface area contributed by atoms with Gasteiger partial charge < -0.3 is 0 Å². The van der Waals surface area contributed by atoms with Crippen LogP contribution in [0.3, 0.4) is 0 Å². The van der Waals surface area contributed by atoms with Gasteiger partial charge in [0, 0.05) is 9.85 Å². The molecule has 0 radical (unpaired) electrons. The second-order valence-corrected chi connectivity index (χ2v) is 5.81. The van der Waals surface area contributed by atoms with Crippen molar-refractivity contribution >= 4 is 27.5 Å². The number of halogens is 3. The molecule has 0 nitrogen and oxygen atoms in total. The Hall–Kier alpha value is -0.0800. The van der Waals surface area contributed by atoms with E-state index in [9.17, 15) is 4.39 Å². The molecule has 0 heterocycles. The third-order valence-corrected chi connectivity index (χ3v) is 4.95. The highest BCUT2D eigenvalue weighted by Crippen LogP contribution is 2.44. The van der Waals surface area contributed by atoms with Crippen LogP contribution < -0.4 is 0 Å². The second-order valence-electron chi connectivity index (χ2n) is 4.22. The van der Waals surface area contributed by atoms with Crippen LogP contribution in [0.15, 0.2) is 18.2 Å². The standard InChI is InChI=1S/C12H13BrClF/c1-7-9(3-4-11(7)13)10-6-8(15)2-5-12(10)14/h2,5-7,9,11H,3-4H2,1H3. The summed E-state index contributed by atoms with van der Waals surface area (Å²) in [5, 5.41) is 0.690. The number of rotatable bonds is 1. The number of alkyl halides is 1. The van der Waals surface area contributed by atoms with Crippen molar-refractivity contribution in [1.82, 2.24) is 0 Å². The number of hydrogen-bond acceptors (Lipinski definition) is 0. The van der Waals surface area contributed by atoms with E-state index in [4.69, 9.17) is 11.6 Å². The minimum absolute atomic E-state index is 0.195. The van der Waals surface area contributed by atoms with E-state index < -0.39 is 0 Å². The van der Waals surface area contributed by atoms with Gasteiger partial charge in [-0.1, -0.05) is 34.5 Å². The second kappa shape index (κ2) is 4.42. The Labute approximate surface area is 103 Å². The Morgan fingerprint density at radius 3 is 2.73 bits per heavy atom. The third kappa shape index (κ3) is 2.21. The van der Waals surface area contributed by atoms with Crippen LogP contribution in [-0.2, 0) is 0 Å². The van der Waals surface area contributed by atoms with Gasteiger partial charge in [-0.25, -0.2) is 4.39 Å². The molecular weight excluding hydrogens is 278 g/mol. The van der Waals surface area contributed by atoms with E-state index in [2.05, 4.69) is 22.9 Å². The number of benzene rings is 1. The summed E-state index contributed by atoms with van der Waals surface area (Å²) in [6, 6.07) is 4.64. The molecule has 0 spiro atoms. The summed E-state index contributed by atoms with van der Waals surface area (Å²) >= 11 is 9.75. The lowest BCUT2D eigenvalue weighted by molar-refractivity contribution is 0.539. The first-order valence-electron chi connectivity index (χ1n) is 5.18. The average molecular weight is 292 g/mol. The molecule has 1 fully saturated rings. The highest BCUT2D eigenvalue weighted by atomic mass is 79.9. The minimum Gasteiger partial charge on any atom is -0.207 e. The number of hydrogen-bond donors (Lipinski definition) is 0. The fourth-order valence-corrected chi connectivity index (χ4v) is 3.24. The largest absolute Gasteiger partial charge is 0.207 e. The molecule has 1 aromatic rings. The van der Waals surface area contributed by atoms with Crippen LogP contribution in [0.25, 0.3) is 0 Å². The van der Waals surface area contributed by atoms with Gasteiger partial charge in [0.05, 0.1) is 0 Å². The lowest BCUT2D eigenvalue weighted by Crippen LogP contribution is -2.09. The molecule has 1 aromatic carbocycles. The highest BCUT2D eigenvalue weighted by molar-refractivity contribution is 9.09. The van der Waals surface area contributed by atoms with Crippen molar-refractivity contribution in [3.8, 4) is 0 Å². The Morgan fingerprint density at radius 2 is 2.13 bits per heavy atom. The molecule has 3 atom stereocenters. The summed E-state index contributed by atoms with van der Waals surface area (Å²) in [4.78, 5) is 0.529. The molecule has 0 N–H and O–H groups in total. The first-order valence-corrected chi connectivity index (χ1v) is 6.48. The highest BCUT2D eigenvalue weighted by Gasteiger charge is 2.33. The quantitative estimate of drug-likeness (QED) is 0.655. The molecule has 1 saturated carbocycles. The van der Waals surface area contributed by atoms with Gasteiger partial charge in [-0.05, 0) is 48.4 Å². The molecule has 3 heteroatoms. The van der Waals surface area contributed by atoms with E-state index in [-0.39, 0.29) is 5.82 Å². The molecule has 0 bridgehead atoms. The maximum Gasteiger partial charge on any atom is 0.123 e. The summed E-state index contributed by atoms with van der Waals surface area (Å²) in [5.74, 6) is 0.710. The van der Waals surface area contributed by atoms with Gasteiger partial charge in [0.2, 0.25) is 0 Å². The van der Waals surface area contributed by atoms with Crippen LogP contribution in [0, 0.1) is 11.7 Å². The van der Waals surface area contributed by atoms with E-state index in [1.54, 1.807) is 12.1 Å². The molecule has 3 unspecified atom stereocenters. The van der Waals surface area contributed by atoms with E-state index in [1.165, 1.54) is 6.07 Å². The Morgan fingerprint density at radius 1 is 1.40 bits per heavy atom. The van der Waals surface area contributed by atoms with Crippen molar-refractivity contribution in [1.29, 1.82) is 0 Å². The zero-order valence-electron chi connectivity index (χ0n) is 8.51. The monoisotopic (exact) mass is 290 g/mol. The Bertz CT molecular complexity index is 367. The van der Waals surface area contributed by atoms with Crippen LogP contribution >= 0.6 is 27.5 Å². The molecule has 1 aliphatic carbocycles. The fourth-order valence-electron chi connectivity index (χ4n) is 2.35. The average Bonchev–Trinajstić information content (AvgIpc) is 2.52. The summed E-state index contributed by atoms with van der Waals surface area (Å²) in [7, 11) is 0. The van der Waals surface area contributed by atoms with Gasteiger partial charge in [-0.3, -0.25) is 0 Å². The first kappa shape index (κ1) is 11.4. The van der Waals surface area contributed by atoms with Crippen molar-refractivity contribution in [2.45, 2.75) is 30.5 Å². The molecular formula is C12H13BrClF. The van der Waals surface area contributed by atoms with Crippen molar-refractivity contribution < 1.29 is 4.39 Å². The van der Waals surface area contributed by atoms with Crippen molar-refractivity contribution in [3.63, 3.8) is 0 Å². The van der Waals surface area contributed by atoms with Gasteiger partial charge in [0.15, 0.2) is 0 Å². The first-order chi connectivity index (χ1) is 7.09. The predicted octanol–water partition coefficient (Wildman–Crippen LogP) is 4.76. The third-order valence-electron chi connectivity index (χ3n) is 3.32. The summed E-state index contributed by atoms with van der Waals surface area (Å²) < 4.78 is 13.2. The van der Waals surface area contributed by atoms with Crippen LogP contribution in [0.2, 0.25) is 5.02 Å². The van der Waals surface area contributed by atoms with Crippen molar-refractivity contribution in [3.05, 3.63) is 34.6 Å². The summed E-state index contributed by atoms with van der Waals surface area (Å²) in [6.45, 7) is 2.19. The normalized spacial score (nSPS) is 30.8. The van der Waals surface area contributed by atoms with Gasteiger partial charge in [0.1, 0.15) is 5.82 Å². The van der Waals surface area contributed by atoms with Crippen LogP contribution in [-0.4, -0.2) is 4.83 Å². The van der Waals surface area contributed by atoms with Gasteiger partial charge >= 0.3 is 0 Å². The summed E-state index contributed by atoms with van der Waals surface area (Å²) in [6.07, 6.45) is 2.22. The molecule has 15 heavy (non-hydrogen) atoms. The molecule has 0 aromatic heterocycles. The van der Waals surface area contributed by atoms with Crippen molar-refractivity contribution in [2.75, 3.05) is 0 Å². The zero-order chi connectivity index (χ0) is 11.0. The van der Waals surface area contributed by atoms with Crippen molar-refractivity contribution in [2.24, 2.45) is 5.92 Å². The van der Waals surface area contributed by atoms with E-state index >= 15 is 0 Å². The maximum atomic E-state index is 13.2. The Balaban J connectivity index is 2.33. The lowest BCUT2D eigenvalue weighted by atomic mass is 9.90. The van der Waals surface area contributed by atoms with Crippen LogP contribution in [0.5, 0.6) is 0 Å². The Kier molecular flexibility index (Phi) is 3.36. The van der Waals surface area contributed by atoms with E-state index in [1.807, 2.05) is 0 Å². The minimum atomic E-state index is -0.195. The van der Waals surface area contributed by atoms with Crippen LogP contribution in [0.4, 0.5) is 4.39 Å². The summed E-state index contributed by atoms with van der Waals surface area (Å²) in [5.41, 5.74) is 0.964. The fraction of sp³-hybridized carbons (Fsp3) is 0.500. The SMILES string of the molecule is CC1C(Br)CCC1c1cc(F)ccc1Cl. The molecule has 0 saturated heterocycles. The maximum absolute atomic E-state index is 13.2. The lowest BCUT2D eigenvalue weighted by Gasteiger charge is -2.18. The molecule has 2 rings (SSSR count). The molecule has 1 aliphatic rings. The van der Waals surface area contributed by atoms with Gasteiger partial charge in [-0.2, -0.15) is 0 Å². The van der Waals surface area contributed by atoms with Gasteiger partial charge in [0.25, 0.3) is 0 Å². The molecule has 82 valence electrons. The van der Waals surface area contributed by atoms with Gasteiger partial charge in [-0.15, -0.1) is 0 Å². The smallest absolute Gasteiger partial charge is 0.123 e. The van der Waals surface area contributed by atoms with Crippen LogP contribution in [0.1, 0.15) is 31.2 Å². The molecule has 0 amide bonds.